The summed E-state index contributed by atoms with van der Waals surface area (Å²) in [7, 11) is 0. The molecule has 0 bridgehead atoms. The Morgan fingerprint density at radius 3 is 2.17 bits per heavy atom. The highest BCUT2D eigenvalue weighted by Crippen LogP contribution is 2.30. The van der Waals surface area contributed by atoms with Gasteiger partial charge in [-0.25, -0.2) is 0 Å². The fourth-order valence-corrected chi connectivity index (χ4v) is 7.38. The van der Waals surface area contributed by atoms with Crippen LogP contribution in [0, 0.1) is 17.8 Å². The quantitative estimate of drug-likeness (QED) is 0.193. The van der Waals surface area contributed by atoms with Gasteiger partial charge in [-0.05, 0) is 63.9 Å². The number of fused-ring (bicyclic) bond motifs is 2. The van der Waals surface area contributed by atoms with E-state index in [1.165, 1.54) is 18.7 Å². The Kier molecular flexibility index (Phi) is 12.6. The molecule has 4 fully saturated rings. The molecule has 2 saturated heterocycles. The molecule has 7 amide bonds. The van der Waals surface area contributed by atoms with E-state index in [0.29, 0.717) is 24.8 Å². The minimum Gasteiger partial charge on any atom is -0.391 e. The minimum atomic E-state index is -1.49. The molecule has 2 heterocycles. The van der Waals surface area contributed by atoms with Crippen LogP contribution in [0.3, 0.4) is 0 Å². The van der Waals surface area contributed by atoms with Crippen LogP contribution in [0.4, 0.5) is 0 Å². The molecule has 5 rings (SSSR count). The molecule has 0 spiro atoms. The number of hydrogen-bond acceptors (Lipinski definition) is 8. The largest absolute Gasteiger partial charge is 0.391 e. The number of hydrogen-bond donors (Lipinski definition) is 7. The van der Waals surface area contributed by atoms with E-state index in [1.54, 1.807) is 30.3 Å². The zero-order chi connectivity index (χ0) is 37.7. The molecule has 2 saturated carbocycles. The molecule has 1 aromatic carbocycles. The fourth-order valence-electron chi connectivity index (χ4n) is 7.38. The lowest BCUT2D eigenvalue weighted by Crippen LogP contribution is -2.61. The maximum atomic E-state index is 14.5. The van der Waals surface area contributed by atoms with Crippen molar-refractivity contribution in [3.63, 3.8) is 0 Å². The number of aliphatic hydroxyl groups is 1. The van der Waals surface area contributed by atoms with Gasteiger partial charge in [-0.3, -0.25) is 33.6 Å². The zero-order valence-corrected chi connectivity index (χ0v) is 30.4. The third kappa shape index (κ3) is 9.66. The molecule has 0 radical (unpaired) electrons. The molecule has 52 heavy (non-hydrogen) atoms. The molecular formula is C37H53N7O8. The van der Waals surface area contributed by atoms with Crippen molar-refractivity contribution in [2.75, 3.05) is 6.54 Å². The van der Waals surface area contributed by atoms with Crippen LogP contribution in [-0.2, 0) is 40.0 Å². The van der Waals surface area contributed by atoms with Crippen molar-refractivity contribution in [3.05, 3.63) is 35.9 Å². The molecule has 284 valence electrons. The number of aliphatic hydroxyl groups excluding tert-OH is 1. The van der Waals surface area contributed by atoms with E-state index in [-0.39, 0.29) is 43.6 Å². The number of carbonyl (C=O) groups excluding carboxylic acids is 7. The molecule has 1 aromatic rings. The van der Waals surface area contributed by atoms with E-state index < -0.39 is 89.8 Å². The Labute approximate surface area is 304 Å². The second-order valence-corrected chi connectivity index (χ2v) is 15.3. The summed E-state index contributed by atoms with van der Waals surface area (Å²) in [5.41, 5.74) is 0.700. The van der Waals surface area contributed by atoms with Crippen LogP contribution in [0.1, 0.15) is 78.2 Å². The van der Waals surface area contributed by atoms with Crippen LogP contribution in [0.5, 0.6) is 0 Å². The number of nitrogens with one attached hydrogen (secondary N) is 6. The number of benzene rings is 1. The van der Waals surface area contributed by atoms with Crippen LogP contribution in [-0.4, -0.2) is 106 Å². The molecule has 7 N–H and O–H groups in total. The highest BCUT2D eigenvalue weighted by Gasteiger charge is 2.45. The van der Waals surface area contributed by atoms with Gasteiger partial charge in [0.25, 0.3) is 0 Å². The predicted molar refractivity (Wildman–Crippen MR) is 189 cm³/mol. The molecule has 2 aliphatic heterocycles. The van der Waals surface area contributed by atoms with Crippen molar-refractivity contribution in [2.45, 2.75) is 127 Å². The monoisotopic (exact) mass is 723 g/mol. The lowest BCUT2D eigenvalue weighted by molar-refractivity contribution is -0.143. The first kappa shape index (κ1) is 38.7. The van der Waals surface area contributed by atoms with Crippen molar-refractivity contribution >= 4 is 41.4 Å². The van der Waals surface area contributed by atoms with Gasteiger partial charge >= 0.3 is 0 Å². The maximum Gasteiger partial charge on any atom is 0.246 e. The molecule has 2 aliphatic carbocycles. The van der Waals surface area contributed by atoms with E-state index in [2.05, 4.69) is 31.9 Å². The van der Waals surface area contributed by atoms with Crippen LogP contribution < -0.4 is 31.9 Å². The summed E-state index contributed by atoms with van der Waals surface area (Å²) in [6.07, 6.45) is 2.15. The summed E-state index contributed by atoms with van der Waals surface area (Å²) < 4.78 is 0. The number of rotatable bonds is 7. The molecule has 15 nitrogen and oxygen atoms in total. The Balaban J connectivity index is 1.50. The second-order valence-electron chi connectivity index (χ2n) is 15.3. The van der Waals surface area contributed by atoms with Gasteiger partial charge in [0.05, 0.1) is 12.0 Å². The average Bonchev–Trinajstić information content (AvgIpc) is 3.71. The van der Waals surface area contributed by atoms with Gasteiger partial charge in [0, 0.05) is 31.0 Å². The summed E-state index contributed by atoms with van der Waals surface area (Å²) in [4.78, 5) is 97.2. The van der Waals surface area contributed by atoms with Crippen LogP contribution in [0.2, 0.25) is 0 Å². The van der Waals surface area contributed by atoms with Crippen molar-refractivity contribution in [2.24, 2.45) is 17.8 Å². The first-order valence-corrected chi connectivity index (χ1v) is 18.6. The summed E-state index contributed by atoms with van der Waals surface area (Å²) in [6, 6.07) is 1.94. The third-order valence-corrected chi connectivity index (χ3v) is 10.4. The Bertz CT molecular complexity index is 1520. The van der Waals surface area contributed by atoms with Crippen LogP contribution in [0.15, 0.2) is 30.3 Å². The van der Waals surface area contributed by atoms with Gasteiger partial charge in [-0.2, -0.15) is 0 Å². The predicted octanol–water partition coefficient (Wildman–Crippen LogP) is -0.591. The Hall–Kier alpha value is -4.53. The van der Waals surface area contributed by atoms with Crippen LogP contribution in [0.25, 0.3) is 0 Å². The normalized spacial score (nSPS) is 31.5. The minimum absolute atomic E-state index is 0.0118. The summed E-state index contributed by atoms with van der Waals surface area (Å²) in [6.45, 7) is 6.61. The summed E-state index contributed by atoms with van der Waals surface area (Å²) >= 11 is 0. The Morgan fingerprint density at radius 1 is 0.827 bits per heavy atom. The second kappa shape index (κ2) is 16.9. The molecule has 0 aromatic heterocycles. The SMILES string of the molecule is CC(C)C[C@@H]1NC(=O)[C@@H]2CCC[C@H]2NC(=O)[C@H](C)NC(=O)C2C[C@@H](NC(=O)C3CC3)CN2C(=O)[C@H](Cc2ccccc2)NC(=O)[C@H]([C@@H](C)O)NC1=O. The number of amides is 7. The molecule has 1 unspecified atom stereocenters. The lowest BCUT2D eigenvalue weighted by atomic mass is 9.98. The van der Waals surface area contributed by atoms with E-state index in [0.717, 1.165) is 12.8 Å². The van der Waals surface area contributed by atoms with Gasteiger partial charge in [0.1, 0.15) is 30.2 Å². The smallest absolute Gasteiger partial charge is 0.246 e. The van der Waals surface area contributed by atoms with E-state index in [1.807, 2.05) is 13.8 Å². The first-order valence-electron chi connectivity index (χ1n) is 18.6. The molecule has 15 heteroatoms. The zero-order valence-electron chi connectivity index (χ0n) is 30.4. The van der Waals surface area contributed by atoms with E-state index in [4.69, 9.17) is 0 Å². The molecule has 9 atom stereocenters. The highest BCUT2D eigenvalue weighted by molar-refractivity contribution is 5.97. The third-order valence-electron chi connectivity index (χ3n) is 10.4. The lowest BCUT2D eigenvalue weighted by Gasteiger charge is -2.31. The van der Waals surface area contributed by atoms with Gasteiger partial charge < -0.3 is 41.9 Å². The maximum absolute atomic E-state index is 14.5. The first-order chi connectivity index (χ1) is 24.7. The van der Waals surface area contributed by atoms with E-state index in [9.17, 15) is 38.7 Å². The molecule has 4 aliphatic rings. The fraction of sp³-hybridized carbons (Fsp3) is 0.649. The van der Waals surface area contributed by atoms with Crippen molar-refractivity contribution in [1.29, 1.82) is 0 Å². The van der Waals surface area contributed by atoms with Gasteiger partial charge in [-0.1, -0.05) is 50.6 Å². The Morgan fingerprint density at radius 2 is 1.52 bits per heavy atom. The van der Waals surface area contributed by atoms with E-state index >= 15 is 0 Å². The number of carbonyl (C=O) groups is 7. The van der Waals surface area contributed by atoms with Crippen molar-refractivity contribution in [3.8, 4) is 0 Å². The van der Waals surface area contributed by atoms with Gasteiger partial charge in [-0.15, -0.1) is 0 Å². The van der Waals surface area contributed by atoms with Gasteiger partial charge in [0.15, 0.2) is 0 Å². The van der Waals surface area contributed by atoms with Crippen molar-refractivity contribution in [1.82, 2.24) is 36.8 Å². The average molecular weight is 724 g/mol. The highest BCUT2D eigenvalue weighted by atomic mass is 16.3. The standard InChI is InChI=1S/C37H53N7O8/c1-19(2)15-27-34(49)43-30(21(4)45)36(51)42-28(16-22-9-6-5-7-10-22)37(52)44-18-24(39-32(47)23-13-14-23)17-29(44)35(50)38-20(3)31(46)40-26-12-8-11-25(26)33(48)41-27/h5-7,9-10,19-21,23-30,45H,8,11-18H2,1-4H3,(H,38,50)(H,39,47)(H,40,46)(H,41,48)(H,42,51)(H,43,49)/t20-,21+,24+,25+,26+,27-,28-,29?,30-/m0/s1. The molecular weight excluding hydrogens is 670 g/mol. The van der Waals surface area contributed by atoms with Crippen LogP contribution >= 0.6 is 0 Å². The van der Waals surface area contributed by atoms with Crippen molar-refractivity contribution < 1.29 is 38.7 Å². The van der Waals surface area contributed by atoms with Gasteiger partial charge in [0.2, 0.25) is 41.4 Å². The number of nitrogens with zero attached hydrogens (tertiary/aromatic N) is 1. The summed E-state index contributed by atoms with van der Waals surface area (Å²) in [5, 5.41) is 27.5. The summed E-state index contributed by atoms with van der Waals surface area (Å²) in [5.74, 6) is -4.56. The topological polar surface area (TPSA) is 215 Å².